The standard InChI is InChI=1S/C25H29FN4O5/c1-14-8-17(5-7-19(14)26)11-27-25(32)22-9-20(28-16(3)29-22)21-10-23(35-30-21)24-13-33-18(12-34-24)6-4-15(2)31/h5,7-9,18,23-24H,4,6,10-13H2,1-3H3,(H,27,32)/t18-,23+,24-/m1/s1. The Morgan fingerprint density at radius 2 is 1.94 bits per heavy atom. The number of ether oxygens (including phenoxy) is 2. The molecule has 2 aromatic rings. The fraction of sp³-hybridized carbons (Fsp3) is 0.480. The fourth-order valence-corrected chi connectivity index (χ4v) is 3.97. The first-order valence-electron chi connectivity index (χ1n) is 11.6. The maximum Gasteiger partial charge on any atom is 0.270 e. The normalized spacial score (nSPS) is 21.8. The summed E-state index contributed by atoms with van der Waals surface area (Å²) in [6.45, 7) is 5.95. The fourth-order valence-electron chi connectivity index (χ4n) is 3.97. The summed E-state index contributed by atoms with van der Waals surface area (Å²) < 4.78 is 25.2. The summed E-state index contributed by atoms with van der Waals surface area (Å²) in [4.78, 5) is 38.2. The van der Waals surface area contributed by atoms with Gasteiger partial charge in [0.25, 0.3) is 5.91 Å². The van der Waals surface area contributed by atoms with E-state index in [1.54, 1.807) is 39.0 Å². The van der Waals surface area contributed by atoms with Gasteiger partial charge in [0, 0.05) is 19.4 Å². The van der Waals surface area contributed by atoms with E-state index in [0.29, 0.717) is 55.3 Å². The number of aromatic nitrogens is 2. The molecule has 1 aromatic carbocycles. The third-order valence-corrected chi connectivity index (χ3v) is 5.96. The number of halogens is 1. The molecule has 10 heteroatoms. The highest BCUT2D eigenvalue weighted by atomic mass is 19.1. The Labute approximate surface area is 203 Å². The van der Waals surface area contributed by atoms with Gasteiger partial charge in [0.1, 0.15) is 34.9 Å². The number of oxime groups is 1. The minimum absolute atomic E-state index is 0.0960. The van der Waals surface area contributed by atoms with Crippen molar-refractivity contribution in [1.29, 1.82) is 0 Å². The second-order valence-electron chi connectivity index (χ2n) is 8.91. The molecule has 186 valence electrons. The second kappa shape index (κ2) is 11.0. The first kappa shape index (κ1) is 24.9. The molecule has 1 fully saturated rings. The van der Waals surface area contributed by atoms with E-state index in [2.05, 4.69) is 20.4 Å². The summed E-state index contributed by atoms with van der Waals surface area (Å²) in [5.74, 6) is -0.0870. The van der Waals surface area contributed by atoms with Gasteiger partial charge in [0.05, 0.1) is 25.0 Å². The lowest BCUT2D eigenvalue weighted by atomic mass is 10.0. The molecular weight excluding hydrogens is 455 g/mol. The van der Waals surface area contributed by atoms with Crippen LogP contribution in [0.4, 0.5) is 4.39 Å². The number of amides is 1. The number of Topliss-reactive ketones (excluding diaryl/α,β-unsaturated/α-hetero) is 1. The molecule has 1 amide bonds. The summed E-state index contributed by atoms with van der Waals surface area (Å²) in [7, 11) is 0. The lowest BCUT2D eigenvalue weighted by Crippen LogP contribution is -2.42. The van der Waals surface area contributed by atoms with Gasteiger partial charge < -0.3 is 24.4 Å². The number of aryl methyl sites for hydroxylation is 2. The van der Waals surface area contributed by atoms with Crippen molar-refractivity contribution in [3.8, 4) is 0 Å². The van der Waals surface area contributed by atoms with Crippen LogP contribution in [-0.2, 0) is 25.7 Å². The maximum atomic E-state index is 13.5. The van der Waals surface area contributed by atoms with Crippen LogP contribution in [0.15, 0.2) is 29.4 Å². The van der Waals surface area contributed by atoms with Crippen molar-refractivity contribution in [2.24, 2.45) is 5.16 Å². The van der Waals surface area contributed by atoms with Crippen LogP contribution in [0.25, 0.3) is 0 Å². The minimum Gasteiger partial charge on any atom is -0.389 e. The topological polar surface area (TPSA) is 112 Å². The molecule has 35 heavy (non-hydrogen) atoms. The van der Waals surface area contributed by atoms with Crippen LogP contribution in [0.3, 0.4) is 0 Å². The molecule has 1 N–H and O–H groups in total. The highest BCUT2D eigenvalue weighted by Gasteiger charge is 2.35. The van der Waals surface area contributed by atoms with Gasteiger partial charge in [0.2, 0.25) is 0 Å². The van der Waals surface area contributed by atoms with Gasteiger partial charge in [0.15, 0.2) is 6.10 Å². The van der Waals surface area contributed by atoms with Gasteiger partial charge in [-0.25, -0.2) is 14.4 Å². The smallest absolute Gasteiger partial charge is 0.270 e. The third kappa shape index (κ3) is 6.46. The van der Waals surface area contributed by atoms with Gasteiger partial charge in [-0.2, -0.15) is 0 Å². The summed E-state index contributed by atoms with van der Waals surface area (Å²) in [6, 6.07) is 6.29. The molecule has 3 heterocycles. The monoisotopic (exact) mass is 484 g/mol. The molecule has 4 rings (SSSR count). The Bertz CT molecular complexity index is 1130. The van der Waals surface area contributed by atoms with Gasteiger partial charge >= 0.3 is 0 Å². The quantitative estimate of drug-likeness (QED) is 0.613. The Balaban J connectivity index is 1.33. The molecule has 0 saturated carbocycles. The van der Waals surface area contributed by atoms with Crippen LogP contribution in [-0.4, -0.2) is 58.9 Å². The third-order valence-electron chi connectivity index (χ3n) is 5.96. The average Bonchev–Trinajstić information content (AvgIpc) is 3.33. The molecule has 1 aromatic heterocycles. The Kier molecular flexibility index (Phi) is 7.82. The van der Waals surface area contributed by atoms with Crippen molar-refractivity contribution < 1.29 is 28.3 Å². The van der Waals surface area contributed by atoms with Crippen molar-refractivity contribution in [3.05, 3.63) is 58.4 Å². The summed E-state index contributed by atoms with van der Waals surface area (Å²) in [5, 5.41) is 6.98. The first-order chi connectivity index (χ1) is 16.8. The molecule has 0 radical (unpaired) electrons. The number of hydrogen-bond acceptors (Lipinski definition) is 8. The number of carbonyl (C=O) groups is 2. The average molecular weight is 485 g/mol. The summed E-state index contributed by atoms with van der Waals surface area (Å²) >= 11 is 0. The molecule has 0 spiro atoms. The predicted molar refractivity (Wildman–Crippen MR) is 124 cm³/mol. The van der Waals surface area contributed by atoms with Gasteiger partial charge in [-0.1, -0.05) is 17.3 Å². The van der Waals surface area contributed by atoms with E-state index >= 15 is 0 Å². The van der Waals surface area contributed by atoms with E-state index in [4.69, 9.17) is 14.3 Å². The number of nitrogens with zero attached hydrogens (tertiary/aromatic N) is 3. The van der Waals surface area contributed by atoms with Crippen LogP contribution in [0.2, 0.25) is 0 Å². The van der Waals surface area contributed by atoms with E-state index in [0.717, 1.165) is 5.56 Å². The molecule has 1 saturated heterocycles. The van der Waals surface area contributed by atoms with Crippen molar-refractivity contribution in [1.82, 2.24) is 15.3 Å². The second-order valence-corrected chi connectivity index (χ2v) is 8.91. The van der Waals surface area contributed by atoms with E-state index in [-0.39, 0.29) is 48.1 Å². The van der Waals surface area contributed by atoms with E-state index < -0.39 is 0 Å². The molecular formula is C25H29FN4O5. The first-order valence-corrected chi connectivity index (χ1v) is 11.6. The lowest BCUT2D eigenvalue weighted by Gasteiger charge is -2.31. The zero-order chi connectivity index (χ0) is 24.9. The number of benzene rings is 1. The molecule has 0 aliphatic carbocycles. The van der Waals surface area contributed by atoms with E-state index in [1.807, 2.05) is 0 Å². The molecule has 3 atom stereocenters. The van der Waals surface area contributed by atoms with Crippen LogP contribution in [0.5, 0.6) is 0 Å². The van der Waals surface area contributed by atoms with Crippen molar-refractivity contribution in [3.63, 3.8) is 0 Å². The largest absolute Gasteiger partial charge is 0.389 e. The highest BCUT2D eigenvalue weighted by molar-refractivity contribution is 6.02. The zero-order valence-corrected chi connectivity index (χ0v) is 20.0. The number of rotatable bonds is 8. The van der Waals surface area contributed by atoms with E-state index in [1.165, 1.54) is 6.07 Å². The van der Waals surface area contributed by atoms with Gasteiger partial charge in [-0.05, 0) is 50.5 Å². The number of carbonyl (C=O) groups excluding carboxylic acids is 2. The van der Waals surface area contributed by atoms with Crippen LogP contribution < -0.4 is 5.32 Å². The van der Waals surface area contributed by atoms with Gasteiger partial charge in [-0.3, -0.25) is 4.79 Å². The van der Waals surface area contributed by atoms with Crippen molar-refractivity contribution in [2.75, 3.05) is 13.2 Å². The van der Waals surface area contributed by atoms with Crippen molar-refractivity contribution >= 4 is 17.4 Å². The SMILES string of the molecule is CC(=O)CC[C@@H]1CO[C@@H]([C@@H]2CC(c3cc(C(=O)NCc4ccc(F)c(C)c4)nc(C)n3)=NO2)CO1. The summed E-state index contributed by atoms with van der Waals surface area (Å²) in [6.07, 6.45) is 0.863. The molecule has 9 nitrogen and oxygen atoms in total. The van der Waals surface area contributed by atoms with Crippen LogP contribution in [0.1, 0.15) is 59.3 Å². The minimum atomic E-state index is -0.365. The highest BCUT2D eigenvalue weighted by Crippen LogP contribution is 2.24. The Hall–Kier alpha value is -3.24. The molecule has 2 aliphatic heterocycles. The Morgan fingerprint density at radius 1 is 1.11 bits per heavy atom. The van der Waals surface area contributed by atoms with E-state index in [9.17, 15) is 14.0 Å². The predicted octanol–water partition coefficient (Wildman–Crippen LogP) is 2.81. The van der Waals surface area contributed by atoms with Crippen LogP contribution >= 0.6 is 0 Å². The Morgan fingerprint density at radius 3 is 2.66 bits per heavy atom. The molecule has 0 unspecified atom stereocenters. The number of ketones is 1. The number of nitrogens with one attached hydrogen (secondary N) is 1. The lowest BCUT2D eigenvalue weighted by molar-refractivity contribution is -0.172. The van der Waals surface area contributed by atoms with Crippen LogP contribution in [0, 0.1) is 19.7 Å². The zero-order valence-electron chi connectivity index (χ0n) is 20.0. The maximum absolute atomic E-state index is 13.5. The number of hydrogen-bond donors (Lipinski definition) is 1. The molecule has 0 bridgehead atoms. The van der Waals surface area contributed by atoms with Gasteiger partial charge in [-0.15, -0.1) is 0 Å². The molecule has 2 aliphatic rings. The summed E-state index contributed by atoms with van der Waals surface area (Å²) in [5.41, 5.74) is 2.63. The van der Waals surface area contributed by atoms with Crippen molar-refractivity contribution in [2.45, 2.75) is 64.9 Å².